The zero-order chi connectivity index (χ0) is 12.4. The number of allylic oxidation sites excluding steroid dienone is 3. The largest absolute Gasteiger partial charge is 0.444 e. The van der Waals surface area contributed by atoms with Gasteiger partial charge >= 0.3 is 6.09 Å². The van der Waals surface area contributed by atoms with Crippen molar-refractivity contribution >= 4 is 6.09 Å². The number of ether oxygens (including phenoxy) is 1. The van der Waals surface area contributed by atoms with Crippen LogP contribution in [-0.2, 0) is 11.3 Å². The number of rotatable bonds is 2. The lowest BCUT2D eigenvalue weighted by Crippen LogP contribution is -2.24. The second kappa shape index (κ2) is 4.53. The molecular formula is C15H13NO2. The lowest BCUT2D eigenvalue weighted by atomic mass is 10.2. The van der Waals surface area contributed by atoms with Crippen molar-refractivity contribution in [2.45, 2.75) is 6.61 Å². The number of hydrogen-bond donors (Lipinski definition) is 0. The van der Waals surface area contributed by atoms with Gasteiger partial charge in [-0.05, 0) is 16.7 Å². The molecule has 2 aliphatic rings. The molecule has 0 N–H and O–H groups in total. The molecule has 0 radical (unpaired) electrons. The van der Waals surface area contributed by atoms with Gasteiger partial charge in [0, 0.05) is 6.20 Å². The highest BCUT2D eigenvalue weighted by molar-refractivity contribution is 5.72. The number of carbonyl (C=O) groups excluding carboxylic acids is 1. The summed E-state index contributed by atoms with van der Waals surface area (Å²) in [6, 6.07) is 9.68. The molecule has 18 heavy (non-hydrogen) atoms. The monoisotopic (exact) mass is 239 g/mol. The topological polar surface area (TPSA) is 29.5 Å². The van der Waals surface area contributed by atoms with Gasteiger partial charge in [0.05, 0.1) is 6.54 Å². The van der Waals surface area contributed by atoms with Crippen LogP contribution >= 0.6 is 0 Å². The van der Waals surface area contributed by atoms with Gasteiger partial charge in [-0.15, -0.1) is 0 Å². The van der Waals surface area contributed by atoms with Crippen molar-refractivity contribution in [1.29, 1.82) is 0 Å². The molecule has 3 nitrogen and oxygen atoms in total. The van der Waals surface area contributed by atoms with Crippen molar-refractivity contribution < 1.29 is 9.53 Å². The lowest BCUT2D eigenvalue weighted by molar-refractivity contribution is 0.114. The van der Waals surface area contributed by atoms with E-state index in [1.165, 1.54) is 5.57 Å². The number of carbonyl (C=O) groups is 1. The highest BCUT2D eigenvalue weighted by Gasteiger charge is 2.23. The summed E-state index contributed by atoms with van der Waals surface area (Å²) in [5.74, 6) is 0. The predicted octanol–water partition coefficient (Wildman–Crippen LogP) is 3.02. The fraction of sp³-hybridized carbons (Fsp3) is 0.133. The summed E-state index contributed by atoms with van der Waals surface area (Å²) >= 11 is 0. The summed E-state index contributed by atoms with van der Waals surface area (Å²) in [5.41, 5.74) is 3.27. The maximum atomic E-state index is 11.9. The predicted molar refractivity (Wildman–Crippen MR) is 68.6 cm³/mol. The molecule has 0 saturated carbocycles. The Morgan fingerprint density at radius 2 is 2.11 bits per heavy atom. The molecule has 1 amide bonds. The van der Waals surface area contributed by atoms with Gasteiger partial charge in [-0.1, -0.05) is 48.6 Å². The van der Waals surface area contributed by atoms with Crippen LogP contribution in [-0.4, -0.2) is 17.5 Å². The van der Waals surface area contributed by atoms with Crippen LogP contribution in [0.4, 0.5) is 4.79 Å². The van der Waals surface area contributed by atoms with E-state index in [0.717, 1.165) is 11.1 Å². The van der Waals surface area contributed by atoms with Crippen LogP contribution in [0.2, 0.25) is 0 Å². The third-order valence-corrected chi connectivity index (χ3v) is 3.02. The summed E-state index contributed by atoms with van der Waals surface area (Å²) in [6.07, 6.45) is 7.56. The maximum Gasteiger partial charge on any atom is 0.414 e. The number of benzene rings is 1. The Morgan fingerprint density at radius 1 is 1.28 bits per heavy atom. The van der Waals surface area contributed by atoms with Gasteiger partial charge in [-0.25, -0.2) is 4.79 Å². The Hall–Kier alpha value is -2.29. The highest BCUT2D eigenvalue weighted by atomic mass is 16.6. The molecule has 1 aromatic rings. The summed E-state index contributed by atoms with van der Waals surface area (Å²) < 4.78 is 5.27. The first kappa shape index (κ1) is 10.8. The van der Waals surface area contributed by atoms with Crippen LogP contribution in [0.25, 0.3) is 0 Å². The van der Waals surface area contributed by atoms with Gasteiger partial charge in [-0.3, -0.25) is 4.90 Å². The number of nitrogens with zero attached hydrogens (tertiary/aromatic N) is 1. The smallest absolute Gasteiger partial charge is 0.414 e. The van der Waals surface area contributed by atoms with E-state index in [1.54, 1.807) is 4.90 Å². The van der Waals surface area contributed by atoms with Gasteiger partial charge in [0.2, 0.25) is 0 Å². The first-order chi connectivity index (χ1) is 8.83. The molecule has 0 atom stereocenters. The Balaban J connectivity index is 1.59. The van der Waals surface area contributed by atoms with Crippen molar-refractivity contribution in [2.24, 2.45) is 0 Å². The van der Waals surface area contributed by atoms with E-state index < -0.39 is 0 Å². The zero-order valence-corrected chi connectivity index (χ0v) is 9.87. The van der Waals surface area contributed by atoms with Crippen LogP contribution in [0, 0.1) is 0 Å². The van der Waals surface area contributed by atoms with Crippen molar-refractivity contribution in [3.05, 3.63) is 71.5 Å². The summed E-state index contributed by atoms with van der Waals surface area (Å²) in [4.78, 5) is 13.5. The average Bonchev–Trinajstić information content (AvgIpc) is 2.98. The third kappa shape index (κ3) is 2.07. The standard InChI is InChI=1S/C15H13NO2/c17-15(18-11-12-5-2-1-3-6-12)16-9-13-7-4-8-14(13)10-16/h1-9H,10-11H2. The van der Waals surface area contributed by atoms with Gasteiger partial charge in [0.15, 0.2) is 0 Å². The molecule has 1 aliphatic heterocycles. The van der Waals surface area contributed by atoms with Crippen LogP contribution in [0.5, 0.6) is 0 Å². The molecule has 3 heteroatoms. The van der Waals surface area contributed by atoms with Gasteiger partial charge in [0.25, 0.3) is 0 Å². The van der Waals surface area contributed by atoms with E-state index in [4.69, 9.17) is 4.74 Å². The maximum absolute atomic E-state index is 11.9. The molecule has 1 aliphatic carbocycles. The van der Waals surface area contributed by atoms with Gasteiger partial charge in [-0.2, -0.15) is 0 Å². The van der Waals surface area contributed by atoms with Crippen LogP contribution < -0.4 is 0 Å². The second-order valence-electron chi connectivity index (χ2n) is 4.30. The molecule has 0 unspecified atom stereocenters. The number of amides is 1. The first-order valence-corrected chi connectivity index (χ1v) is 5.90. The lowest BCUT2D eigenvalue weighted by Gasteiger charge is -2.13. The van der Waals surface area contributed by atoms with E-state index in [2.05, 4.69) is 0 Å². The Kier molecular flexibility index (Phi) is 2.73. The SMILES string of the molecule is O=C(OCc1ccccc1)N1C=C2C=CC=C2C1. The van der Waals surface area contributed by atoms with Crippen molar-refractivity contribution in [3.63, 3.8) is 0 Å². The molecule has 1 aromatic carbocycles. The van der Waals surface area contributed by atoms with E-state index in [9.17, 15) is 4.79 Å². The average molecular weight is 239 g/mol. The summed E-state index contributed by atoms with van der Waals surface area (Å²) in [6.45, 7) is 0.921. The van der Waals surface area contributed by atoms with Crippen molar-refractivity contribution in [1.82, 2.24) is 4.90 Å². The minimum atomic E-state index is -0.296. The fourth-order valence-electron chi connectivity index (χ4n) is 2.06. The molecular weight excluding hydrogens is 226 g/mol. The summed E-state index contributed by atoms with van der Waals surface area (Å²) in [7, 11) is 0. The third-order valence-electron chi connectivity index (χ3n) is 3.02. The quantitative estimate of drug-likeness (QED) is 0.794. The van der Waals surface area contributed by atoms with Crippen LogP contribution in [0.3, 0.4) is 0 Å². The first-order valence-electron chi connectivity index (χ1n) is 5.90. The van der Waals surface area contributed by atoms with Gasteiger partial charge in [0.1, 0.15) is 6.61 Å². The fourth-order valence-corrected chi connectivity index (χ4v) is 2.06. The molecule has 0 saturated heterocycles. The Labute approximate surface area is 106 Å². The molecule has 90 valence electrons. The molecule has 0 spiro atoms. The Morgan fingerprint density at radius 3 is 2.89 bits per heavy atom. The highest BCUT2D eigenvalue weighted by Crippen LogP contribution is 2.26. The van der Waals surface area contributed by atoms with Crippen molar-refractivity contribution in [3.8, 4) is 0 Å². The zero-order valence-electron chi connectivity index (χ0n) is 9.87. The number of hydrogen-bond acceptors (Lipinski definition) is 2. The normalized spacial score (nSPS) is 16.3. The van der Waals surface area contributed by atoms with E-state index >= 15 is 0 Å². The van der Waals surface area contributed by atoms with E-state index in [0.29, 0.717) is 13.2 Å². The van der Waals surface area contributed by atoms with Crippen molar-refractivity contribution in [2.75, 3.05) is 6.54 Å². The molecule has 0 aromatic heterocycles. The van der Waals surface area contributed by atoms with Crippen LogP contribution in [0.1, 0.15) is 5.56 Å². The van der Waals surface area contributed by atoms with E-state index in [1.807, 2.05) is 54.8 Å². The molecule has 0 fully saturated rings. The molecule has 3 rings (SSSR count). The minimum Gasteiger partial charge on any atom is -0.444 e. The van der Waals surface area contributed by atoms with Gasteiger partial charge < -0.3 is 4.74 Å². The minimum absolute atomic E-state index is 0.296. The molecule has 1 heterocycles. The second-order valence-corrected chi connectivity index (χ2v) is 4.30. The van der Waals surface area contributed by atoms with Crippen LogP contribution in [0.15, 0.2) is 65.9 Å². The number of fused-ring (bicyclic) bond motifs is 1. The Bertz CT molecular complexity index is 555. The van der Waals surface area contributed by atoms with E-state index in [-0.39, 0.29) is 6.09 Å². The molecule has 0 bridgehead atoms. The summed E-state index contributed by atoms with van der Waals surface area (Å²) in [5, 5.41) is 0.